The van der Waals surface area contributed by atoms with Gasteiger partial charge in [-0.2, -0.15) is 4.98 Å². The number of nitrogens with zero attached hydrogens (tertiary/aromatic N) is 4. The van der Waals surface area contributed by atoms with Crippen molar-refractivity contribution in [1.29, 1.82) is 0 Å². The fraction of sp³-hybridized carbons (Fsp3) is 0.500. The van der Waals surface area contributed by atoms with Crippen LogP contribution in [0.15, 0.2) is 0 Å². The zero-order valence-electron chi connectivity index (χ0n) is 9.60. The number of aryl methyl sites for hydroxylation is 2. The van der Waals surface area contributed by atoms with Crippen LogP contribution in [0.25, 0.3) is 5.78 Å². The van der Waals surface area contributed by atoms with E-state index in [0.717, 1.165) is 17.0 Å². The van der Waals surface area contributed by atoms with E-state index in [-0.39, 0.29) is 6.54 Å². The lowest BCUT2D eigenvalue weighted by Gasteiger charge is -2.04. The minimum atomic E-state index is -0.832. The van der Waals surface area contributed by atoms with E-state index in [1.54, 1.807) is 4.52 Å². The molecule has 1 atom stereocenters. The van der Waals surface area contributed by atoms with Crippen LogP contribution in [-0.4, -0.2) is 31.2 Å². The summed E-state index contributed by atoms with van der Waals surface area (Å²) in [7, 11) is 0. The van der Waals surface area contributed by atoms with Crippen molar-refractivity contribution >= 4 is 5.78 Å². The molecule has 0 bridgehead atoms. The summed E-state index contributed by atoms with van der Waals surface area (Å²) in [5, 5.41) is 13.8. The van der Waals surface area contributed by atoms with Crippen LogP contribution < -0.4 is 5.73 Å². The lowest BCUT2D eigenvalue weighted by Crippen LogP contribution is -2.13. The summed E-state index contributed by atoms with van der Waals surface area (Å²) in [6, 6.07) is 0. The smallest absolute Gasteiger partial charge is 0.252 e. The first-order chi connectivity index (χ1) is 7.54. The van der Waals surface area contributed by atoms with Crippen molar-refractivity contribution in [3.05, 3.63) is 22.8 Å². The largest absolute Gasteiger partial charge is 0.384 e. The standard InChI is InChI=1S/C10H15N5O/c1-5-6(2)12-10-13-9(8(16)4-11)14-15(10)7(5)3/h8,16H,4,11H2,1-3H3. The molecule has 3 N–H and O–H groups in total. The van der Waals surface area contributed by atoms with E-state index in [9.17, 15) is 5.11 Å². The first-order valence-corrected chi connectivity index (χ1v) is 5.13. The SMILES string of the molecule is Cc1nc2nc(C(O)CN)nn2c(C)c1C. The molecule has 0 amide bonds. The third kappa shape index (κ3) is 1.56. The Morgan fingerprint density at radius 1 is 1.31 bits per heavy atom. The van der Waals surface area contributed by atoms with Crippen LogP contribution in [0, 0.1) is 20.8 Å². The van der Waals surface area contributed by atoms with Crippen molar-refractivity contribution in [2.45, 2.75) is 26.9 Å². The van der Waals surface area contributed by atoms with Gasteiger partial charge in [-0.25, -0.2) is 9.50 Å². The third-order valence-electron chi connectivity index (χ3n) is 2.80. The maximum atomic E-state index is 9.57. The zero-order valence-corrected chi connectivity index (χ0v) is 9.60. The number of aliphatic hydroxyl groups excluding tert-OH is 1. The Balaban J connectivity index is 2.66. The van der Waals surface area contributed by atoms with Gasteiger partial charge in [0.05, 0.1) is 0 Å². The highest BCUT2D eigenvalue weighted by atomic mass is 16.3. The lowest BCUT2D eigenvalue weighted by atomic mass is 10.2. The van der Waals surface area contributed by atoms with E-state index in [2.05, 4.69) is 15.1 Å². The molecule has 0 spiro atoms. The van der Waals surface area contributed by atoms with Crippen LogP contribution in [0.2, 0.25) is 0 Å². The first-order valence-electron chi connectivity index (χ1n) is 5.13. The van der Waals surface area contributed by atoms with Gasteiger partial charge in [0, 0.05) is 17.9 Å². The number of nitrogens with two attached hydrogens (primary N) is 1. The second kappa shape index (κ2) is 3.80. The molecular weight excluding hydrogens is 206 g/mol. The summed E-state index contributed by atoms with van der Waals surface area (Å²) in [5.41, 5.74) is 8.34. The number of hydrogen-bond acceptors (Lipinski definition) is 5. The molecule has 0 aromatic carbocycles. The van der Waals surface area contributed by atoms with Crippen LogP contribution in [-0.2, 0) is 0 Å². The summed E-state index contributed by atoms with van der Waals surface area (Å²) in [5.74, 6) is 0.825. The molecule has 0 radical (unpaired) electrons. The van der Waals surface area contributed by atoms with Gasteiger partial charge in [-0.15, -0.1) is 5.10 Å². The van der Waals surface area contributed by atoms with Gasteiger partial charge in [0.2, 0.25) is 0 Å². The van der Waals surface area contributed by atoms with E-state index in [1.807, 2.05) is 20.8 Å². The summed E-state index contributed by atoms with van der Waals surface area (Å²) in [6.07, 6.45) is -0.832. The van der Waals surface area contributed by atoms with Crippen LogP contribution in [0.4, 0.5) is 0 Å². The van der Waals surface area contributed by atoms with Gasteiger partial charge in [0.25, 0.3) is 5.78 Å². The molecular formula is C10H15N5O. The highest BCUT2D eigenvalue weighted by Crippen LogP contribution is 2.14. The highest BCUT2D eigenvalue weighted by Gasteiger charge is 2.15. The molecule has 0 aliphatic carbocycles. The average molecular weight is 221 g/mol. The van der Waals surface area contributed by atoms with Gasteiger partial charge < -0.3 is 10.8 Å². The second-order valence-corrected chi connectivity index (χ2v) is 3.84. The first kappa shape index (κ1) is 11.0. The van der Waals surface area contributed by atoms with Gasteiger partial charge in [-0.1, -0.05) is 0 Å². The third-order valence-corrected chi connectivity index (χ3v) is 2.80. The van der Waals surface area contributed by atoms with E-state index in [1.165, 1.54) is 0 Å². The van der Waals surface area contributed by atoms with Crippen LogP contribution in [0.3, 0.4) is 0 Å². The molecule has 0 aliphatic heterocycles. The predicted octanol–water partition coefficient (Wildman–Crippen LogP) is 0.0417. The lowest BCUT2D eigenvalue weighted by molar-refractivity contribution is 0.177. The fourth-order valence-corrected chi connectivity index (χ4v) is 1.52. The topological polar surface area (TPSA) is 89.3 Å². The van der Waals surface area contributed by atoms with Crippen molar-refractivity contribution in [2.75, 3.05) is 6.54 Å². The molecule has 0 fully saturated rings. The average Bonchev–Trinajstić information content (AvgIpc) is 2.69. The fourth-order valence-electron chi connectivity index (χ4n) is 1.52. The van der Waals surface area contributed by atoms with E-state index in [4.69, 9.17) is 5.73 Å². The molecule has 6 nitrogen and oxygen atoms in total. The Bertz CT molecular complexity index is 533. The van der Waals surface area contributed by atoms with Crippen molar-refractivity contribution in [3.63, 3.8) is 0 Å². The minimum absolute atomic E-state index is 0.105. The molecule has 1 unspecified atom stereocenters. The maximum Gasteiger partial charge on any atom is 0.252 e. The van der Waals surface area contributed by atoms with Gasteiger partial charge in [0.15, 0.2) is 5.82 Å². The van der Waals surface area contributed by atoms with E-state index in [0.29, 0.717) is 11.6 Å². The molecule has 0 aliphatic rings. The second-order valence-electron chi connectivity index (χ2n) is 3.84. The number of aromatic nitrogens is 4. The van der Waals surface area contributed by atoms with Crippen LogP contribution in [0.5, 0.6) is 0 Å². The van der Waals surface area contributed by atoms with E-state index >= 15 is 0 Å². The molecule has 86 valence electrons. The Labute approximate surface area is 93.1 Å². The molecule has 2 aromatic heterocycles. The Morgan fingerprint density at radius 3 is 2.62 bits per heavy atom. The Morgan fingerprint density at radius 2 is 2.00 bits per heavy atom. The number of fused-ring (bicyclic) bond motifs is 1. The maximum absolute atomic E-state index is 9.57. The Kier molecular flexibility index (Phi) is 2.61. The number of rotatable bonds is 2. The summed E-state index contributed by atoms with van der Waals surface area (Å²) in [4.78, 5) is 8.47. The minimum Gasteiger partial charge on any atom is -0.384 e. The van der Waals surface area contributed by atoms with Gasteiger partial charge in [-0.05, 0) is 26.3 Å². The monoisotopic (exact) mass is 221 g/mol. The van der Waals surface area contributed by atoms with Crippen LogP contribution in [0.1, 0.15) is 28.9 Å². The molecule has 0 saturated carbocycles. The highest BCUT2D eigenvalue weighted by molar-refractivity contribution is 5.36. The van der Waals surface area contributed by atoms with Gasteiger partial charge in [0.1, 0.15) is 6.10 Å². The summed E-state index contributed by atoms with van der Waals surface area (Å²) >= 11 is 0. The van der Waals surface area contributed by atoms with Crippen molar-refractivity contribution in [3.8, 4) is 0 Å². The predicted molar refractivity (Wildman–Crippen MR) is 59.0 cm³/mol. The summed E-state index contributed by atoms with van der Waals surface area (Å²) in [6.45, 7) is 5.96. The van der Waals surface area contributed by atoms with Crippen LogP contribution >= 0.6 is 0 Å². The number of aliphatic hydroxyl groups is 1. The van der Waals surface area contributed by atoms with Gasteiger partial charge >= 0.3 is 0 Å². The molecule has 0 saturated heterocycles. The Hall–Kier alpha value is -1.53. The number of hydrogen-bond donors (Lipinski definition) is 2. The van der Waals surface area contributed by atoms with Gasteiger partial charge in [-0.3, -0.25) is 0 Å². The molecule has 16 heavy (non-hydrogen) atoms. The van der Waals surface area contributed by atoms with Crippen molar-refractivity contribution < 1.29 is 5.11 Å². The molecule has 6 heteroatoms. The van der Waals surface area contributed by atoms with Crippen molar-refractivity contribution in [2.24, 2.45) is 5.73 Å². The van der Waals surface area contributed by atoms with Crippen molar-refractivity contribution in [1.82, 2.24) is 19.6 Å². The van der Waals surface area contributed by atoms with E-state index < -0.39 is 6.10 Å². The zero-order chi connectivity index (χ0) is 11.9. The quantitative estimate of drug-likeness (QED) is 0.747. The summed E-state index contributed by atoms with van der Waals surface area (Å²) < 4.78 is 1.64. The normalized spacial score (nSPS) is 13.3. The molecule has 2 aromatic rings. The molecule has 2 rings (SSSR count). The molecule has 2 heterocycles.